The van der Waals surface area contributed by atoms with Crippen molar-refractivity contribution in [3.63, 3.8) is 0 Å². The molecule has 3 aromatic rings. The van der Waals surface area contributed by atoms with Crippen LogP contribution >= 0.6 is 11.8 Å². The molecular formula is C22H25N3O3S. The molecule has 6 nitrogen and oxygen atoms in total. The summed E-state index contributed by atoms with van der Waals surface area (Å²) in [5.74, 6) is 1.04. The molecular weight excluding hydrogens is 386 g/mol. The van der Waals surface area contributed by atoms with Crippen LogP contribution in [0, 0.1) is 0 Å². The SMILES string of the molecule is C[C@@H]1CCC[C@H](C)N1C(=O)CSc1nc2ccccc2c(=O)n1Cc1ccco1. The maximum Gasteiger partial charge on any atom is 0.262 e. The second kappa shape index (κ2) is 8.45. The first-order chi connectivity index (χ1) is 14.0. The van der Waals surface area contributed by atoms with Gasteiger partial charge in [0.05, 0.1) is 29.5 Å². The van der Waals surface area contributed by atoms with Gasteiger partial charge in [0.2, 0.25) is 5.91 Å². The molecule has 1 saturated heterocycles. The number of likely N-dealkylation sites (tertiary alicyclic amines) is 1. The number of rotatable bonds is 5. The number of benzene rings is 1. The van der Waals surface area contributed by atoms with Gasteiger partial charge in [-0.3, -0.25) is 14.2 Å². The van der Waals surface area contributed by atoms with Gasteiger partial charge in [-0.2, -0.15) is 0 Å². The number of aromatic nitrogens is 2. The van der Waals surface area contributed by atoms with Crippen molar-refractivity contribution in [2.45, 2.75) is 56.9 Å². The fourth-order valence-electron chi connectivity index (χ4n) is 4.07. The standard InChI is InChI=1S/C22H25N3O3S/c1-15-7-5-8-16(2)25(15)20(26)14-29-22-23-19-11-4-3-10-18(19)21(27)24(22)13-17-9-6-12-28-17/h3-4,6,9-12,15-16H,5,7-8,13-14H2,1-2H3/t15-,16+. The van der Waals surface area contributed by atoms with Crippen molar-refractivity contribution in [2.75, 3.05) is 5.75 Å². The Bertz CT molecular complexity index is 1050. The quantitative estimate of drug-likeness (QED) is 0.470. The van der Waals surface area contributed by atoms with Gasteiger partial charge in [0.15, 0.2) is 5.16 Å². The van der Waals surface area contributed by atoms with Crippen LogP contribution in [0.25, 0.3) is 10.9 Å². The van der Waals surface area contributed by atoms with Crippen molar-refractivity contribution < 1.29 is 9.21 Å². The van der Waals surface area contributed by atoms with Gasteiger partial charge in [-0.15, -0.1) is 0 Å². The predicted octanol–water partition coefficient (Wildman–Crippen LogP) is 3.92. The fourth-order valence-corrected chi connectivity index (χ4v) is 4.94. The van der Waals surface area contributed by atoms with Crippen LogP contribution in [-0.4, -0.2) is 38.2 Å². The molecule has 4 rings (SSSR count). The minimum absolute atomic E-state index is 0.0988. The number of nitrogens with zero attached hydrogens (tertiary/aromatic N) is 3. The monoisotopic (exact) mass is 411 g/mol. The van der Waals surface area contributed by atoms with Gasteiger partial charge in [-0.25, -0.2) is 4.98 Å². The first kappa shape index (κ1) is 19.8. The Morgan fingerprint density at radius 2 is 1.93 bits per heavy atom. The van der Waals surface area contributed by atoms with Crippen molar-refractivity contribution in [3.05, 3.63) is 58.8 Å². The van der Waals surface area contributed by atoms with Crippen LogP contribution in [0.5, 0.6) is 0 Å². The van der Waals surface area contributed by atoms with E-state index in [0.29, 0.717) is 21.8 Å². The van der Waals surface area contributed by atoms with Gasteiger partial charge in [0, 0.05) is 12.1 Å². The fraction of sp³-hybridized carbons (Fsp3) is 0.409. The number of thioether (sulfide) groups is 1. The molecule has 0 unspecified atom stereocenters. The number of fused-ring (bicyclic) bond motifs is 1. The number of amides is 1. The van der Waals surface area contributed by atoms with E-state index in [4.69, 9.17) is 4.42 Å². The average Bonchev–Trinajstić information content (AvgIpc) is 3.22. The highest BCUT2D eigenvalue weighted by molar-refractivity contribution is 7.99. The van der Waals surface area contributed by atoms with Gasteiger partial charge in [0.25, 0.3) is 5.56 Å². The molecule has 1 aliphatic heterocycles. The molecule has 29 heavy (non-hydrogen) atoms. The Balaban J connectivity index is 1.63. The summed E-state index contributed by atoms with van der Waals surface area (Å²) in [6.07, 6.45) is 4.83. The third-order valence-corrected chi connectivity index (χ3v) is 6.49. The van der Waals surface area contributed by atoms with E-state index in [1.165, 1.54) is 11.8 Å². The normalized spacial score (nSPS) is 19.6. The first-order valence-corrected chi connectivity index (χ1v) is 11.0. The molecule has 2 aromatic heterocycles. The molecule has 0 spiro atoms. The molecule has 1 fully saturated rings. The minimum Gasteiger partial charge on any atom is -0.467 e. The third kappa shape index (κ3) is 4.10. The maximum atomic E-state index is 13.1. The molecule has 7 heteroatoms. The van der Waals surface area contributed by atoms with Crippen molar-refractivity contribution in [2.24, 2.45) is 0 Å². The highest BCUT2D eigenvalue weighted by Crippen LogP contribution is 2.25. The van der Waals surface area contributed by atoms with Crippen LogP contribution in [0.2, 0.25) is 0 Å². The number of hydrogen-bond acceptors (Lipinski definition) is 5. The van der Waals surface area contributed by atoms with Crippen molar-refractivity contribution in [1.82, 2.24) is 14.5 Å². The van der Waals surface area contributed by atoms with E-state index in [2.05, 4.69) is 18.8 Å². The second-order valence-corrected chi connectivity index (χ2v) is 8.54. The van der Waals surface area contributed by atoms with Crippen LogP contribution in [0.15, 0.2) is 57.0 Å². The third-order valence-electron chi connectivity index (χ3n) is 5.53. The topological polar surface area (TPSA) is 68.3 Å². The zero-order valence-electron chi connectivity index (χ0n) is 16.7. The Hall–Kier alpha value is -2.54. The molecule has 0 saturated carbocycles. The molecule has 1 aromatic carbocycles. The maximum absolute atomic E-state index is 13.1. The number of carbonyl (C=O) groups excluding carboxylic acids is 1. The smallest absolute Gasteiger partial charge is 0.262 e. The van der Waals surface area contributed by atoms with Crippen LogP contribution in [0.3, 0.4) is 0 Å². The zero-order valence-corrected chi connectivity index (χ0v) is 17.5. The molecule has 0 N–H and O–H groups in total. The van der Waals surface area contributed by atoms with Crippen molar-refractivity contribution >= 4 is 28.6 Å². The van der Waals surface area contributed by atoms with Crippen LogP contribution < -0.4 is 5.56 Å². The summed E-state index contributed by atoms with van der Waals surface area (Å²) < 4.78 is 7.04. The van der Waals surface area contributed by atoms with E-state index in [0.717, 1.165) is 19.3 Å². The van der Waals surface area contributed by atoms with Gasteiger partial charge < -0.3 is 9.32 Å². The number of carbonyl (C=O) groups is 1. The molecule has 1 amide bonds. The average molecular weight is 412 g/mol. The van der Waals surface area contributed by atoms with Crippen molar-refractivity contribution in [1.29, 1.82) is 0 Å². The molecule has 0 radical (unpaired) electrons. The van der Waals surface area contributed by atoms with Crippen LogP contribution in [-0.2, 0) is 11.3 Å². The van der Waals surface area contributed by atoms with Crippen LogP contribution in [0.4, 0.5) is 0 Å². The van der Waals surface area contributed by atoms with Gasteiger partial charge >= 0.3 is 0 Å². The Morgan fingerprint density at radius 3 is 2.66 bits per heavy atom. The number of furan rings is 1. The van der Waals surface area contributed by atoms with E-state index >= 15 is 0 Å². The minimum atomic E-state index is -0.123. The molecule has 0 aliphatic carbocycles. The molecule has 1 aliphatic rings. The van der Waals surface area contributed by atoms with E-state index in [1.807, 2.05) is 29.2 Å². The molecule has 152 valence electrons. The lowest BCUT2D eigenvalue weighted by Gasteiger charge is -2.39. The Morgan fingerprint density at radius 1 is 1.17 bits per heavy atom. The Labute approximate surface area is 173 Å². The second-order valence-electron chi connectivity index (χ2n) is 7.60. The molecule has 0 bridgehead atoms. The summed E-state index contributed by atoms with van der Waals surface area (Å²) in [5.41, 5.74) is 0.518. The molecule has 3 heterocycles. The number of hydrogen-bond donors (Lipinski definition) is 0. The van der Waals surface area contributed by atoms with E-state index < -0.39 is 0 Å². The summed E-state index contributed by atoms with van der Waals surface area (Å²) in [7, 11) is 0. The summed E-state index contributed by atoms with van der Waals surface area (Å²) >= 11 is 1.32. The number of piperidine rings is 1. The predicted molar refractivity (Wildman–Crippen MR) is 114 cm³/mol. The lowest BCUT2D eigenvalue weighted by molar-refractivity contribution is -0.134. The summed E-state index contributed by atoms with van der Waals surface area (Å²) in [4.78, 5) is 32.7. The molecule has 2 atom stereocenters. The highest BCUT2D eigenvalue weighted by atomic mass is 32.2. The van der Waals surface area contributed by atoms with E-state index in [9.17, 15) is 9.59 Å². The summed E-state index contributed by atoms with van der Waals surface area (Å²) in [6.45, 7) is 4.51. The highest BCUT2D eigenvalue weighted by Gasteiger charge is 2.29. The number of para-hydroxylation sites is 1. The zero-order chi connectivity index (χ0) is 20.4. The largest absolute Gasteiger partial charge is 0.467 e. The van der Waals surface area contributed by atoms with Crippen molar-refractivity contribution in [3.8, 4) is 0 Å². The van der Waals surface area contributed by atoms with Gasteiger partial charge in [-0.05, 0) is 57.4 Å². The summed E-state index contributed by atoms with van der Waals surface area (Å²) in [5, 5.41) is 1.10. The lowest BCUT2D eigenvalue weighted by atomic mass is 9.98. The van der Waals surface area contributed by atoms with E-state index in [-0.39, 0.29) is 35.8 Å². The van der Waals surface area contributed by atoms with E-state index in [1.54, 1.807) is 23.0 Å². The summed E-state index contributed by atoms with van der Waals surface area (Å²) in [6, 6.07) is 11.4. The van der Waals surface area contributed by atoms with Crippen LogP contribution in [0.1, 0.15) is 38.9 Å². The lowest BCUT2D eigenvalue weighted by Crippen LogP contribution is -2.48. The van der Waals surface area contributed by atoms with Gasteiger partial charge in [-0.1, -0.05) is 23.9 Å². The van der Waals surface area contributed by atoms with Gasteiger partial charge in [0.1, 0.15) is 5.76 Å². The Kier molecular flexibility index (Phi) is 5.76. The first-order valence-electron chi connectivity index (χ1n) is 10.0.